The van der Waals surface area contributed by atoms with Gasteiger partial charge in [0.2, 0.25) is 0 Å². The number of allylic oxidation sites excluding steroid dienone is 6. The maximum Gasteiger partial charge on any atom is 0.306 e. The molecule has 0 rings (SSSR count). The van der Waals surface area contributed by atoms with Crippen LogP contribution in [0, 0.1) is 0 Å². The van der Waals surface area contributed by atoms with Gasteiger partial charge in [-0.25, -0.2) is 0 Å². The molecule has 0 aromatic heterocycles. The molecule has 0 aromatic carbocycles. The number of carbonyl (C=O) groups excluding carboxylic acids is 2. The van der Waals surface area contributed by atoms with Gasteiger partial charge in [-0.1, -0.05) is 134 Å². The number of hydrogen-bond donors (Lipinski definition) is 1. The standard InChI is InChI=1S/C38H68O5/c1-3-5-7-9-11-13-15-16-17-18-19-20-21-22-23-25-27-29-31-33-38(41)43-36(34-39)35-42-37(40)32-30-28-26-24-14-12-10-8-6-4-2/h8,10-11,13,16-17,36,39H,3-7,9,12,14-15,18-35H2,1-2H3/b10-8-,13-11-,17-16-. The second kappa shape index (κ2) is 34.6. The van der Waals surface area contributed by atoms with Crippen LogP contribution in [0.5, 0.6) is 0 Å². The fourth-order valence-corrected chi connectivity index (χ4v) is 4.88. The van der Waals surface area contributed by atoms with E-state index in [0.29, 0.717) is 12.8 Å². The summed E-state index contributed by atoms with van der Waals surface area (Å²) in [5, 5.41) is 9.51. The van der Waals surface area contributed by atoms with Gasteiger partial charge in [0, 0.05) is 12.8 Å². The lowest BCUT2D eigenvalue weighted by atomic mass is 10.1. The van der Waals surface area contributed by atoms with Crippen molar-refractivity contribution in [3.05, 3.63) is 36.5 Å². The van der Waals surface area contributed by atoms with E-state index >= 15 is 0 Å². The number of unbranched alkanes of at least 4 members (excludes halogenated alkanes) is 18. The van der Waals surface area contributed by atoms with Gasteiger partial charge < -0.3 is 14.6 Å². The molecule has 0 radical (unpaired) electrons. The first-order valence-corrected chi connectivity index (χ1v) is 18.0. The average molecular weight is 605 g/mol. The number of rotatable bonds is 32. The molecule has 0 bridgehead atoms. The zero-order chi connectivity index (χ0) is 31.5. The first-order chi connectivity index (χ1) is 21.1. The molecule has 0 spiro atoms. The Balaban J connectivity index is 3.56. The molecule has 1 atom stereocenters. The zero-order valence-corrected chi connectivity index (χ0v) is 28.2. The van der Waals surface area contributed by atoms with Crippen LogP contribution < -0.4 is 0 Å². The van der Waals surface area contributed by atoms with Gasteiger partial charge in [0.15, 0.2) is 6.10 Å². The van der Waals surface area contributed by atoms with Crippen molar-refractivity contribution in [1.29, 1.82) is 0 Å². The highest BCUT2D eigenvalue weighted by Gasteiger charge is 2.16. The van der Waals surface area contributed by atoms with Crippen LogP contribution in [-0.2, 0) is 19.1 Å². The minimum Gasteiger partial charge on any atom is -0.462 e. The second-order valence-electron chi connectivity index (χ2n) is 11.9. The van der Waals surface area contributed by atoms with Crippen molar-refractivity contribution in [2.24, 2.45) is 0 Å². The van der Waals surface area contributed by atoms with Crippen LogP contribution in [0.1, 0.15) is 174 Å². The summed E-state index contributed by atoms with van der Waals surface area (Å²) >= 11 is 0. The highest BCUT2D eigenvalue weighted by atomic mass is 16.6. The molecule has 0 aliphatic heterocycles. The highest BCUT2D eigenvalue weighted by Crippen LogP contribution is 2.13. The Morgan fingerprint density at radius 1 is 0.535 bits per heavy atom. The predicted molar refractivity (Wildman–Crippen MR) is 182 cm³/mol. The molecule has 0 aliphatic rings. The predicted octanol–water partition coefficient (Wildman–Crippen LogP) is 10.9. The van der Waals surface area contributed by atoms with E-state index in [4.69, 9.17) is 9.47 Å². The summed E-state index contributed by atoms with van der Waals surface area (Å²) in [7, 11) is 0. The van der Waals surface area contributed by atoms with Gasteiger partial charge >= 0.3 is 11.9 Å². The van der Waals surface area contributed by atoms with Crippen molar-refractivity contribution in [2.45, 2.75) is 180 Å². The Hall–Kier alpha value is -1.88. The van der Waals surface area contributed by atoms with Crippen LogP contribution in [0.2, 0.25) is 0 Å². The van der Waals surface area contributed by atoms with Crippen molar-refractivity contribution in [3.63, 3.8) is 0 Å². The van der Waals surface area contributed by atoms with Crippen LogP contribution in [0.25, 0.3) is 0 Å². The van der Waals surface area contributed by atoms with Crippen molar-refractivity contribution >= 4 is 11.9 Å². The van der Waals surface area contributed by atoms with Gasteiger partial charge in [-0.3, -0.25) is 9.59 Å². The molecule has 0 saturated heterocycles. The molecule has 43 heavy (non-hydrogen) atoms. The number of esters is 2. The second-order valence-corrected chi connectivity index (χ2v) is 11.9. The van der Waals surface area contributed by atoms with Gasteiger partial charge in [-0.2, -0.15) is 0 Å². The topological polar surface area (TPSA) is 72.8 Å². The molecule has 5 heteroatoms. The van der Waals surface area contributed by atoms with Gasteiger partial charge in [-0.15, -0.1) is 0 Å². The summed E-state index contributed by atoms with van der Waals surface area (Å²) in [6.45, 7) is 4.03. The van der Waals surface area contributed by atoms with Crippen LogP contribution in [0.3, 0.4) is 0 Å². The summed E-state index contributed by atoms with van der Waals surface area (Å²) in [4.78, 5) is 24.1. The van der Waals surface area contributed by atoms with Crippen LogP contribution in [-0.4, -0.2) is 36.4 Å². The van der Waals surface area contributed by atoms with E-state index in [1.165, 1.54) is 89.9 Å². The Bertz CT molecular complexity index is 696. The van der Waals surface area contributed by atoms with Crippen molar-refractivity contribution in [1.82, 2.24) is 0 Å². The first-order valence-electron chi connectivity index (χ1n) is 18.0. The summed E-state index contributed by atoms with van der Waals surface area (Å²) in [6.07, 6.45) is 40.6. The normalized spacial score (nSPS) is 12.5. The average Bonchev–Trinajstić information content (AvgIpc) is 3.01. The lowest BCUT2D eigenvalue weighted by molar-refractivity contribution is -0.161. The smallest absolute Gasteiger partial charge is 0.306 e. The van der Waals surface area contributed by atoms with Gasteiger partial charge in [0.05, 0.1) is 6.61 Å². The molecule has 0 amide bonds. The molecule has 0 aromatic rings. The Morgan fingerprint density at radius 3 is 1.49 bits per heavy atom. The number of aliphatic hydroxyl groups excluding tert-OH is 1. The molecular weight excluding hydrogens is 536 g/mol. The fourth-order valence-electron chi connectivity index (χ4n) is 4.88. The zero-order valence-electron chi connectivity index (χ0n) is 28.2. The lowest BCUT2D eigenvalue weighted by Crippen LogP contribution is -2.28. The molecule has 1 unspecified atom stereocenters. The molecule has 5 nitrogen and oxygen atoms in total. The number of ether oxygens (including phenoxy) is 2. The van der Waals surface area contributed by atoms with Gasteiger partial charge in [0.1, 0.15) is 6.61 Å². The van der Waals surface area contributed by atoms with E-state index < -0.39 is 6.10 Å². The first kappa shape index (κ1) is 41.1. The quantitative estimate of drug-likeness (QED) is 0.0470. The van der Waals surface area contributed by atoms with Crippen LogP contribution >= 0.6 is 0 Å². The van der Waals surface area contributed by atoms with Gasteiger partial charge in [-0.05, 0) is 64.2 Å². The van der Waals surface area contributed by atoms with Crippen molar-refractivity contribution < 1.29 is 24.2 Å². The third-order valence-electron chi connectivity index (χ3n) is 7.64. The minimum atomic E-state index is -0.773. The third kappa shape index (κ3) is 32.9. The molecule has 0 heterocycles. The fraction of sp³-hybridized carbons (Fsp3) is 0.789. The van der Waals surface area contributed by atoms with E-state index in [1.807, 2.05) is 0 Å². The van der Waals surface area contributed by atoms with E-state index in [1.54, 1.807) is 0 Å². The largest absolute Gasteiger partial charge is 0.462 e. The van der Waals surface area contributed by atoms with Crippen molar-refractivity contribution in [3.8, 4) is 0 Å². The maximum absolute atomic E-state index is 12.1. The summed E-state index contributed by atoms with van der Waals surface area (Å²) in [6, 6.07) is 0. The van der Waals surface area contributed by atoms with E-state index in [9.17, 15) is 14.7 Å². The van der Waals surface area contributed by atoms with E-state index in [2.05, 4.69) is 50.3 Å². The molecule has 250 valence electrons. The van der Waals surface area contributed by atoms with E-state index in [0.717, 1.165) is 57.8 Å². The van der Waals surface area contributed by atoms with Crippen molar-refractivity contribution in [2.75, 3.05) is 13.2 Å². The highest BCUT2D eigenvalue weighted by molar-refractivity contribution is 5.70. The summed E-state index contributed by atoms with van der Waals surface area (Å²) in [5.41, 5.74) is 0. The summed E-state index contributed by atoms with van der Waals surface area (Å²) < 4.78 is 10.5. The van der Waals surface area contributed by atoms with Crippen LogP contribution in [0.4, 0.5) is 0 Å². The molecule has 0 aliphatic carbocycles. The number of hydrogen-bond acceptors (Lipinski definition) is 5. The maximum atomic E-state index is 12.1. The minimum absolute atomic E-state index is 0.0714. The molecular formula is C38H68O5. The Morgan fingerprint density at radius 2 is 0.977 bits per heavy atom. The number of aliphatic hydroxyl groups is 1. The van der Waals surface area contributed by atoms with Gasteiger partial charge in [0.25, 0.3) is 0 Å². The molecule has 0 fully saturated rings. The molecule has 0 saturated carbocycles. The Labute approximate surface area is 266 Å². The lowest BCUT2D eigenvalue weighted by Gasteiger charge is -2.15. The monoisotopic (exact) mass is 605 g/mol. The van der Waals surface area contributed by atoms with Crippen LogP contribution in [0.15, 0.2) is 36.5 Å². The Kier molecular flexibility index (Phi) is 33.1. The SMILES string of the molecule is CCC/C=C\CCCCCCCC(=O)OCC(CO)OC(=O)CCCCCCCCCCC/C=C\C/C=C\CCCCC. The number of carbonyl (C=O) groups is 2. The molecule has 1 N–H and O–H groups in total. The third-order valence-corrected chi connectivity index (χ3v) is 7.64. The summed E-state index contributed by atoms with van der Waals surface area (Å²) in [5.74, 6) is -0.609. The van der Waals surface area contributed by atoms with E-state index in [-0.39, 0.29) is 25.2 Å².